The molecule has 134 valence electrons. The van der Waals surface area contributed by atoms with Gasteiger partial charge in [-0.2, -0.15) is 0 Å². The summed E-state index contributed by atoms with van der Waals surface area (Å²) >= 11 is 5.90. The van der Waals surface area contributed by atoms with Crippen LogP contribution in [0.3, 0.4) is 0 Å². The number of benzene rings is 2. The third kappa shape index (κ3) is 7.54. The summed E-state index contributed by atoms with van der Waals surface area (Å²) in [5.74, 6) is 0.393. The van der Waals surface area contributed by atoms with Crippen molar-refractivity contribution >= 4 is 17.5 Å². The lowest BCUT2D eigenvalue weighted by atomic mass is 10.2. The summed E-state index contributed by atoms with van der Waals surface area (Å²) in [6.07, 6.45) is 0.800. The van der Waals surface area contributed by atoms with Crippen LogP contribution in [0.25, 0.3) is 0 Å². The van der Waals surface area contributed by atoms with Crippen molar-refractivity contribution in [2.75, 3.05) is 26.7 Å². The molecule has 0 bridgehead atoms. The van der Waals surface area contributed by atoms with Crippen molar-refractivity contribution in [3.63, 3.8) is 0 Å². The SMILES string of the molecule is CN(CCCOc1cccc(Cl)c1)CC(=O)NCc1ccc(F)cc1. The number of ether oxygens (including phenoxy) is 1. The molecule has 0 aliphatic rings. The molecule has 2 aromatic rings. The molecular formula is C19H22ClFN2O2. The van der Waals surface area contributed by atoms with Crippen molar-refractivity contribution < 1.29 is 13.9 Å². The van der Waals surface area contributed by atoms with Gasteiger partial charge < -0.3 is 10.1 Å². The maximum Gasteiger partial charge on any atom is 0.234 e. The third-order valence-electron chi connectivity index (χ3n) is 3.57. The van der Waals surface area contributed by atoms with Gasteiger partial charge in [-0.05, 0) is 49.4 Å². The Kier molecular flexibility index (Phi) is 7.70. The van der Waals surface area contributed by atoms with Gasteiger partial charge in [0.25, 0.3) is 0 Å². The number of carbonyl (C=O) groups excluding carboxylic acids is 1. The predicted molar refractivity (Wildman–Crippen MR) is 97.3 cm³/mol. The monoisotopic (exact) mass is 364 g/mol. The van der Waals surface area contributed by atoms with Crippen LogP contribution in [0.5, 0.6) is 5.75 Å². The minimum absolute atomic E-state index is 0.0671. The number of nitrogens with zero attached hydrogens (tertiary/aromatic N) is 1. The van der Waals surface area contributed by atoms with Gasteiger partial charge in [0.1, 0.15) is 11.6 Å². The Morgan fingerprint density at radius 1 is 1.24 bits per heavy atom. The van der Waals surface area contributed by atoms with Crippen LogP contribution in [0, 0.1) is 5.82 Å². The Labute approximate surface area is 152 Å². The van der Waals surface area contributed by atoms with E-state index in [1.165, 1.54) is 12.1 Å². The molecule has 6 heteroatoms. The summed E-state index contributed by atoms with van der Waals surface area (Å²) in [7, 11) is 1.89. The second-order valence-corrected chi connectivity index (χ2v) is 6.24. The molecule has 0 aliphatic carbocycles. The summed E-state index contributed by atoms with van der Waals surface area (Å²) in [4.78, 5) is 13.8. The van der Waals surface area contributed by atoms with E-state index in [2.05, 4.69) is 5.32 Å². The average Bonchev–Trinajstić information content (AvgIpc) is 2.58. The molecule has 1 N–H and O–H groups in total. The molecule has 2 aromatic carbocycles. The van der Waals surface area contributed by atoms with Crippen LogP contribution in [0.1, 0.15) is 12.0 Å². The molecular weight excluding hydrogens is 343 g/mol. The van der Waals surface area contributed by atoms with Crippen LogP contribution in [0.4, 0.5) is 4.39 Å². The maximum absolute atomic E-state index is 12.8. The zero-order valence-electron chi connectivity index (χ0n) is 14.2. The van der Waals surface area contributed by atoms with Crippen molar-refractivity contribution in [1.29, 1.82) is 0 Å². The van der Waals surface area contributed by atoms with E-state index in [1.54, 1.807) is 24.3 Å². The number of halogens is 2. The van der Waals surface area contributed by atoms with Crippen molar-refractivity contribution in [2.24, 2.45) is 0 Å². The van der Waals surface area contributed by atoms with E-state index in [9.17, 15) is 9.18 Å². The van der Waals surface area contributed by atoms with Gasteiger partial charge in [0.15, 0.2) is 0 Å². The Balaban J connectivity index is 1.60. The highest BCUT2D eigenvalue weighted by atomic mass is 35.5. The molecule has 0 atom stereocenters. The molecule has 0 aliphatic heterocycles. The normalized spacial score (nSPS) is 10.7. The number of likely N-dealkylation sites (N-methyl/N-ethyl adjacent to an activating group) is 1. The number of hydrogen-bond acceptors (Lipinski definition) is 3. The van der Waals surface area contributed by atoms with Gasteiger partial charge >= 0.3 is 0 Å². The van der Waals surface area contributed by atoms with Gasteiger partial charge in [-0.25, -0.2) is 4.39 Å². The molecule has 0 saturated carbocycles. The highest BCUT2D eigenvalue weighted by molar-refractivity contribution is 6.30. The highest BCUT2D eigenvalue weighted by Crippen LogP contribution is 2.17. The van der Waals surface area contributed by atoms with Crippen molar-refractivity contribution in [3.05, 3.63) is 64.9 Å². The van der Waals surface area contributed by atoms with Crippen molar-refractivity contribution in [2.45, 2.75) is 13.0 Å². The summed E-state index contributed by atoms with van der Waals surface area (Å²) in [6.45, 7) is 2.00. The second kappa shape index (κ2) is 10.0. The van der Waals surface area contributed by atoms with E-state index in [1.807, 2.05) is 24.1 Å². The number of carbonyl (C=O) groups is 1. The summed E-state index contributed by atoms with van der Waals surface area (Å²) in [6, 6.07) is 13.4. The van der Waals surface area contributed by atoms with Gasteiger partial charge in [-0.1, -0.05) is 29.8 Å². The lowest BCUT2D eigenvalue weighted by Crippen LogP contribution is -2.35. The first-order chi connectivity index (χ1) is 12.0. The van der Waals surface area contributed by atoms with E-state index in [-0.39, 0.29) is 11.7 Å². The van der Waals surface area contributed by atoms with Gasteiger partial charge in [0.05, 0.1) is 13.2 Å². The molecule has 0 fully saturated rings. The molecule has 0 unspecified atom stereocenters. The molecule has 0 spiro atoms. The van der Waals surface area contributed by atoms with E-state index in [4.69, 9.17) is 16.3 Å². The molecule has 1 amide bonds. The Bertz CT molecular complexity index is 679. The average molecular weight is 365 g/mol. The summed E-state index contributed by atoms with van der Waals surface area (Å²) in [5, 5.41) is 3.47. The van der Waals surface area contributed by atoms with Gasteiger partial charge in [-0.3, -0.25) is 9.69 Å². The third-order valence-corrected chi connectivity index (χ3v) is 3.80. The number of hydrogen-bond donors (Lipinski definition) is 1. The minimum Gasteiger partial charge on any atom is -0.493 e. The van der Waals surface area contributed by atoms with Crippen LogP contribution in [-0.2, 0) is 11.3 Å². The Morgan fingerprint density at radius 2 is 2.00 bits per heavy atom. The predicted octanol–water partition coefficient (Wildman–Crippen LogP) is 3.50. The number of rotatable bonds is 9. The quantitative estimate of drug-likeness (QED) is 0.692. The standard InChI is InChI=1S/C19H22ClFN2O2/c1-23(10-3-11-25-18-5-2-4-16(20)12-18)14-19(24)22-13-15-6-8-17(21)9-7-15/h2,4-9,12H,3,10-11,13-14H2,1H3,(H,22,24). The van der Waals surface area contributed by atoms with Crippen LogP contribution in [0.2, 0.25) is 5.02 Å². The zero-order valence-corrected chi connectivity index (χ0v) is 14.9. The van der Waals surface area contributed by atoms with E-state index < -0.39 is 0 Å². The lowest BCUT2D eigenvalue weighted by molar-refractivity contribution is -0.122. The smallest absolute Gasteiger partial charge is 0.234 e. The molecule has 25 heavy (non-hydrogen) atoms. The lowest BCUT2D eigenvalue weighted by Gasteiger charge is -2.16. The van der Waals surface area contributed by atoms with Crippen LogP contribution in [-0.4, -0.2) is 37.6 Å². The van der Waals surface area contributed by atoms with Crippen LogP contribution < -0.4 is 10.1 Å². The Hall–Kier alpha value is -2.11. The fraction of sp³-hybridized carbons (Fsp3) is 0.316. The zero-order chi connectivity index (χ0) is 18.1. The topological polar surface area (TPSA) is 41.6 Å². The van der Waals surface area contributed by atoms with Crippen LogP contribution >= 0.6 is 11.6 Å². The highest BCUT2D eigenvalue weighted by Gasteiger charge is 2.06. The molecule has 0 heterocycles. The van der Waals surface area contributed by atoms with Gasteiger partial charge in [0.2, 0.25) is 5.91 Å². The fourth-order valence-corrected chi connectivity index (χ4v) is 2.44. The molecule has 0 saturated heterocycles. The number of nitrogens with one attached hydrogen (secondary N) is 1. The first-order valence-corrected chi connectivity index (χ1v) is 8.49. The summed E-state index contributed by atoms with van der Waals surface area (Å²) in [5.41, 5.74) is 0.868. The van der Waals surface area contributed by atoms with Gasteiger partial charge in [-0.15, -0.1) is 0 Å². The first kappa shape index (κ1) is 19.2. The van der Waals surface area contributed by atoms with Crippen LogP contribution in [0.15, 0.2) is 48.5 Å². The molecule has 4 nitrogen and oxygen atoms in total. The van der Waals surface area contributed by atoms with E-state index >= 15 is 0 Å². The largest absolute Gasteiger partial charge is 0.493 e. The van der Waals surface area contributed by atoms with Crippen molar-refractivity contribution in [1.82, 2.24) is 10.2 Å². The van der Waals surface area contributed by atoms with E-state index in [0.29, 0.717) is 24.7 Å². The molecule has 2 rings (SSSR count). The molecule has 0 aromatic heterocycles. The van der Waals surface area contributed by atoms with Gasteiger partial charge in [0, 0.05) is 18.1 Å². The fourth-order valence-electron chi connectivity index (χ4n) is 2.26. The summed E-state index contributed by atoms with van der Waals surface area (Å²) < 4.78 is 18.4. The maximum atomic E-state index is 12.8. The Morgan fingerprint density at radius 3 is 2.72 bits per heavy atom. The second-order valence-electron chi connectivity index (χ2n) is 5.80. The first-order valence-electron chi connectivity index (χ1n) is 8.11. The molecule has 0 radical (unpaired) electrons. The minimum atomic E-state index is -0.283. The van der Waals surface area contributed by atoms with E-state index in [0.717, 1.165) is 24.3 Å². The number of amides is 1. The van der Waals surface area contributed by atoms with Crippen molar-refractivity contribution in [3.8, 4) is 5.75 Å².